The van der Waals surface area contributed by atoms with Crippen molar-refractivity contribution in [1.82, 2.24) is 0 Å². The number of ketones is 1. The molecule has 0 bridgehead atoms. The summed E-state index contributed by atoms with van der Waals surface area (Å²) < 4.78 is 19.6. The van der Waals surface area contributed by atoms with Crippen LogP contribution in [-0.2, 0) is 0 Å². The van der Waals surface area contributed by atoms with Crippen molar-refractivity contribution in [3.63, 3.8) is 0 Å². The van der Waals surface area contributed by atoms with Crippen molar-refractivity contribution in [2.75, 3.05) is 0 Å². The third kappa shape index (κ3) is 2.88. The highest BCUT2D eigenvalue weighted by Crippen LogP contribution is 2.38. The van der Waals surface area contributed by atoms with Gasteiger partial charge in [0.1, 0.15) is 5.75 Å². The second-order valence-electron chi connectivity index (χ2n) is 4.91. The highest BCUT2D eigenvalue weighted by Gasteiger charge is 2.18. The summed E-state index contributed by atoms with van der Waals surface area (Å²) >= 11 is 6.10. The van der Waals surface area contributed by atoms with Gasteiger partial charge in [-0.15, -0.1) is 0 Å². The molecule has 0 fully saturated rings. The first-order valence-corrected chi connectivity index (χ1v) is 6.98. The summed E-state index contributed by atoms with van der Waals surface area (Å²) in [6.07, 6.45) is 0. The summed E-state index contributed by atoms with van der Waals surface area (Å²) in [5.74, 6) is -0.436. The lowest BCUT2D eigenvalue weighted by Gasteiger charge is -2.15. The maximum absolute atomic E-state index is 13.9. The number of benzene rings is 2. The molecule has 0 N–H and O–H groups in total. The van der Waals surface area contributed by atoms with E-state index in [1.807, 2.05) is 0 Å². The highest BCUT2D eigenvalue weighted by molar-refractivity contribution is 6.32. The predicted molar refractivity (Wildman–Crippen MR) is 86.6 cm³/mol. The van der Waals surface area contributed by atoms with Crippen LogP contribution in [0.2, 0.25) is 5.02 Å². The normalized spacial score (nSPS) is 10.4. The lowest BCUT2D eigenvalue weighted by Crippen LogP contribution is -2.00. The number of Topliss-reactive ketones (excluding diaryl/α,β-unsaturated/α-hetero) is 1. The number of carbonyl (C=O) groups excluding carboxylic acids is 1. The molecule has 2 aromatic rings. The van der Waals surface area contributed by atoms with E-state index in [0.29, 0.717) is 28.1 Å². The number of ether oxygens (including phenoxy) is 1. The van der Waals surface area contributed by atoms with Crippen LogP contribution in [0.15, 0.2) is 29.3 Å². The first-order valence-electron chi connectivity index (χ1n) is 6.60. The fraction of sp³-hybridized carbons (Fsp3) is 0.176. The van der Waals surface area contributed by atoms with Gasteiger partial charge in [-0.1, -0.05) is 17.7 Å². The molecule has 0 aliphatic rings. The number of hydrogen-bond acceptors (Lipinski definition) is 3. The molecule has 0 saturated heterocycles. The Hall–Kier alpha value is -2.20. The molecular weight excluding hydrogens is 305 g/mol. The minimum absolute atomic E-state index is 0.0569. The smallest absolute Gasteiger partial charge is 0.181 e. The Morgan fingerprint density at radius 2 is 1.95 bits per heavy atom. The van der Waals surface area contributed by atoms with E-state index in [2.05, 4.69) is 11.7 Å². The molecule has 0 spiro atoms. The van der Waals surface area contributed by atoms with Gasteiger partial charge in [-0.25, -0.2) is 4.39 Å². The zero-order chi connectivity index (χ0) is 16.4. The molecule has 5 heteroatoms. The Kier molecular flexibility index (Phi) is 4.62. The van der Waals surface area contributed by atoms with E-state index in [1.165, 1.54) is 13.0 Å². The Morgan fingerprint density at radius 1 is 1.27 bits per heavy atom. The summed E-state index contributed by atoms with van der Waals surface area (Å²) in [7, 11) is 0. The van der Waals surface area contributed by atoms with E-state index >= 15 is 0 Å². The molecule has 0 aromatic heterocycles. The molecular formula is C17H15ClFNO2. The lowest BCUT2D eigenvalue weighted by molar-refractivity contribution is 0.101. The van der Waals surface area contributed by atoms with Gasteiger partial charge in [0.2, 0.25) is 0 Å². The summed E-state index contributed by atoms with van der Waals surface area (Å²) in [5.41, 5.74) is 2.13. The summed E-state index contributed by atoms with van der Waals surface area (Å²) in [5, 5.41) is 0.203. The first-order chi connectivity index (χ1) is 10.4. The van der Waals surface area contributed by atoms with Gasteiger partial charge in [0.15, 0.2) is 17.3 Å². The van der Waals surface area contributed by atoms with Crippen LogP contribution in [0.25, 0.3) is 0 Å². The number of carbonyl (C=O) groups is 1. The van der Waals surface area contributed by atoms with Crippen LogP contribution >= 0.6 is 11.6 Å². The minimum atomic E-state index is -0.565. The van der Waals surface area contributed by atoms with Crippen molar-refractivity contribution in [2.45, 2.75) is 20.8 Å². The molecule has 0 atom stereocenters. The number of aryl methyl sites for hydroxylation is 1. The van der Waals surface area contributed by atoms with Gasteiger partial charge < -0.3 is 4.74 Å². The van der Waals surface area contributed by atoms with Crippen molar-refractivity contribution in [3.05, 3.63) is 51.8 Å². The fourth-order valence-electron chi connectivity index (χ4n) is 2.20. The van der Waals surface area contributed by atoms with Crippen LogP contribution in [0.1, 0.15) is 28.4 Å². The van der Waals surface area contributed by atoms with Crippen LogP contribution in [0.4, 0.5) is 10.1 Å². The quantitative estimate of drug-likeness (QED) is 0.557. The molecule has 0 aliphatic heterocycles. The van der Waals surface area contributed by atoms with Crippen molar-refractivity contribution < 1.29 is 13.9 Å². The molecule has 114 valence electrons. The van der Waals surface area contributed by atoms with Crippen molar-refractivity contribution in [2.24, 2.45) is 4.99 Å². The average Bonchev–Trinajstić information content (AvgIpc) is 2.48. The SMILES string of the molecule is C=Nc1ccc(Oc2c(F)ccc(C)c2Cl)c(C)c1C(C)=O. The zero-order valence-corrected chi connectivity index (χ0v) is 13.3. The molecule has 22 heavy (non-hydrogen) atoms. The van der Waals surface area contributed by atoms with E-state index in [9.17, 15) is 9.18 Å². The number of rotatable bonds is 4. The Labute approximate surface area is 133 Å². The molecule has 2 aromatic carbocycles. The van der Waals surface area contributed by atoms with Crippen molar-refractivity contribution in [1.29, 1.82) is 0 Å². The zero-order valence-electron chi connectivity index (χ0n) is 12.5. The van der Waals surface area contributed by atoms with E-state index in [4.69, 9.17) is 16.3 Å². The molecule has 0 heterocycles. The lowest BCUT2D eigenvalue weighted by atomic mass is 10.0. The highest BCUT2D eigenvalue weighted by atomic mass is 35.5. The maximum Gasteiger partial charge on any atom is 0.181 e. The maximum atomic E-state index is 13.9. The second-order valence-corrected chi connectivity index (χ2v) is 5.28. The van der Waals surface area contributed by atoms with Crippen LogP contribution in [-0.4, -0.2) is 12.5 Å². The summed E-state index contributed by atoms with van der Waals surface area (Å²) in [4.78, 5) is 15.6. The van der Waals surface area contributed by atoms with Gasteiger partial charge in [-0.3, -0.25) is 9.79 Å². The van der Waals surface area contributed by atoms with Gasteiger partial charge in [0, 0.05) is 11.1 Å². The minimum Gasteiger partial charge on any atom is -0.452 e. The Balaban J connectivity index is 2.57. The van der Waals surface area contributed by atoms with Gasteiger partial charge in [0.25, 0.3) is 0 Å². The molecule has 0 aliphatic carbocycles. The number of halogens is 2. The Morgan fingerprint density at radius 3 is 2.55 bits per heavy atom. The second kappa shape index (κ2) is 6.28. The molecule has 0 amide bonds. The van der Waals surface area contributed by atoms with E-state index in [0.717, 1.165) is 0 Å². The molecule has 3 nitrogen and oxygen atoms in total. The first kappa shape index (κ1) is 16.2. The van der Waals surface area contributed by atoms with Gasteiger partial charge in [-0.2, -0.15) is 0 Å². The number of nitrogens with zero attached hydrogens (tertiary/aromatic N) is 1. The summed E-state index contributed by atoms with van der Waals surface area (Å²) in [6.45, 7) is 8.34. The van der Waals surface area contributed by atoms with Crippen LogP contribution in [0.3, 0.4) is 0 Å². The van der Waals surface area contributed by atoms with E-state index < -0.39 is 5.82 Å². The van der Waals surface area contributed by atoms with Crippen LogP contribution < -0.4 is 4.74 Å². The van der Waals surface area contributed by atoms with Gasteiger partial charge in [0.05, 0.1) is 10.7 Å². The van der Waals surface area contributed by atoms with Crippen molar-refractivity contribution >= 4 is 29.8 Å². The fourth-order valence-corrected chi connectivity index (χ4v) is 2.39. The molecule has 0 saturated carbocycles. The molecule has 0 unspecified atom stereocenters. The average molecular weight is 320 g/mol. The third-order valence-corrected chi connectivity index (χ3v) is 3.84. The van der Waals surface area contributed by atoms with Crippen molar-refractivity contribution in [3.8, 4) is 11.5 Å². The van der Waals surface area contributed by atoms with E-state index in [-0.39, 0.29) is 16.6 Å². The van der Waals surface area contributed by atoms with Gasteiger partial charge in [-0.05, 0) is 51.3 Å². The number of aliphatic imine (C=N–C) groups is 1. The number of hydrogen-bond donors (Lipinski definition) is 0. The molecule has 2 rings (SSSR count). The Bertz CT molecular complexity index is 772. The predicted octanol–water partition coefficient (Wildman–Crippen LogP) is 5.42. The third-order valence-electron chi connectivity index (χ3n) is 3.37. The summed E-state index contributed by atoms with van der Waals surface area (Å²) in [6, 6.07) is 6.08. The van der Waals surface area contributed by atoms with Crippen LogP contribution in [0.5, 0.6) is 11.5 Å². The largest absolute Gasteiger partial charge is 0.452 e. The van der Waals surface area contributed by atoms with E-state index in [1.54, 1.807) is 32.0 Å². The molecule has 0 radical (unpaired) electrons. The van der Waals surface area contributed by atoms with Gasteiger partial charge >= 0.3 is 0 Å². The van der Waals surface area contributed by atoms with Crippen LogP contribution in [0, 0.1) is 19.7 Å². The topological polar surface area (TPSA) is 38.7 Å². The standard InChI is InChI=1S/C17H15ClFNO2/c1-9-5-6-12(19)17(16(9)18)22-14-8-7-13(20-4)15(10(14)2)11(3)21/h5-8H,4H2,1-3H3. The monoisotopic (exact) mass is 319 g/mol.